The molecule has 0 saturated carbocycles. The maximum Gasteiger partial charge on any atom is 0.162 e. The van der Waals surface area contributed by atoms with Crippen LogP contribution in [0.1, 0.15) is 38.2 Å². The third-order valence-electron chi connectivity index (χ3n) is 3.22. The van der Waals surface area contributed by atoms with E-state index in [1.165, 1.54) is 0 Å². The van der Waals surface area contributed by atoms with Gasteiger partial charge in [0.2, 0.25) is 0 Å². The summed E-state index contributed by atoms with van der Waals surface area (Å²) in [6.45, 7) is 5.07. The fourth-order valence-corrected chi connectivity index (χ4v) is 2.34. The number of hydrogen-bond donors (Lipinski definition) is 0. The highest BCUT2D eigenvalue weighted by atomic mass is 16.5. The Hall–Kier alpha value is -1.77. The van der Waals surface area contributed by atoms with Crippen LogP contribution in [-0.4, -0.2) is 19.0 Å². The minimum atomic E-state index is -0.0418. The molecular weight excluding hydrogens is 240 g/mol. The van der Waals surface area contributed by atoms with Gasteiger partial charge < -0.3 is 9.47 Å². The van der Waals surface area contributed by atoms with Gasteiger partial charge in [-0.25, -0.2) is 0 Å². The molecule has 0 aromatic heterocycles. The van der Waals surface area contributed by atoms with Crippen molar-refractivity contribution in [2.45, 2.75) is 32.6 Å². The SMILES string of the molecule is CCOc1ccc(C2CCC=CC2=O)cc1OCC. The molecule has 1 unspecified atom stereocenters. The highest BCUT2D eigenvalue weighted by Gasteiger charge is 2.21. The summed E-state index contributed by atoms with van der Waals surface area (Å²) >= 11 is 0. The molecule has 0 aliphatic heterocycles. The summed E-state index contributed by atoms with van der Waals surface area (Å²) in [6, 6.07) is 5.81. The topological polar surface area (TPSA) is 35.5 Å². The average Bonchev–Trinajstić information content (AvgIpc) is 2.42. The van der Waals surface area contributed by atoms with Crippen molar-refractivity contribution in [1.82, 2.24) is 0 Å². The average molecular weight is 260 g/mol. The van der Waals surface area contributed by atoms with E-state index < -0.39 is 0 Å². The van der Waals surface area contributed by atoms with Crippen molar-refractivity contribution >= 4 is 5.78 Å². The molecule has 1 aromatic rings. The molecule has 0 heterocycles. The molecule has 0 spiro atoms. The number of carbonyl (C=O) groups is 1. The zero-order chi connectivity index (χ0) is 13.7. The molecule has 19 heavy (non-hydrogen) atoms. The first-order chi connectivity index (χ1) is 9.26. The van der Waals surface area contributed by atoms with Gasteiger partial charge >= 0.3 is 0 Å². The van der Waals surface area contributed by atoms with Gasteiger partial charge in [0.1, 0.15) is 0 Å². The molecule has 0 bridgehead atoms. The largest absolute Gasteiger partial charge is 0.490 e. The third kappa shape index (κ3) is 3.16. The molecule has 3 nitrogen and oxygen atoms in total. The first-order valence-corrected chi connectivity index (χ1v) is 6.86. The number of ether oxygens (including phenoxy) is 2. The van der Waals surface area contributed by atoms with E-state index in [2.05, 4.69) is 0 Å². The molecule has 1 aromatic carbocycles. The van der Waals surface area contributed by atoms with E-state index in [1.54, 1.807) is 6.08 Å². The van der Waals surface area contributed by atoms with Crippen molar-refractivity contribution in [2.75, 3.05) is 13.2 Å². The summed E-state index contributed by atoms with van der Waals surface area (Å²) in [7, 11) is 0. The van der Waals surface area contributed by atoms with E-state index in [0.717, 1.165) is 29.9 Å². The lowest BCUT2D eigenvalue weighted by molar-refractivity contribution is -0.116. The number of hydrogen-bond acceptors (Lipinski definition) is 3. The molecule has 0 radical (unpaired) electrons. The molecule has 1 aliphatic carbocycles. The summed E-state index contributed by atoms with van der Waals surface area (Å²) in [4.78, 5) is 11.9. The Morgan fingerprint density at radius 1 is 1.16 bits per heavy atom. The molecule has 0 saturated heterocycles. The Balaban J connectivity index is 2.29. The first-order valence-electron chi connectivity index (χ1n) is 6.86. The number of carbonyl (C=O) groups excluding carboxylic acids is 1. The second kappa shape index (κ2) is 6.41. The van der Waals surface area contributed by atoms with Gasteiger partial charge in [0.05, 0.1) is 13.2 Å². The first kappa shape index (κ1) is 13.7. The van der Waals surface area contributed by atoms with Crippen LogP contribution in [0.5, 0.6) is 11.5 Å². The van der Waals surface area contributed by atoms with Crippen molar-refractivity contribution in [3.05, 3.63) is 35.9 Å². The van der Waals surface area contributed by atoms with Crippen LogP contribution in [0.3, 0.4) is 0 Å². The summed E-state index contributed by atoms with van der Waals surface area (Å²) in [5.74, 6) is 1.61. The second-order valence-electron chi connectivity index (χ2n) is 4.51. The lowest BCUT2D eigenvalue weighted by Crippen LogP contribution is -2.13. The van der Waals surface area contributed by atoms with Gasteiger partial charge in [-0.05, 0) is 50.5 Å². The fourth-order valence-electron chi connectivity index (χ4n) is 2.34. The van der Waals surface area contributed by atoms with Crippen LogP contribution >= 0.6 is 0 Å². The van der Waals surface area contributed by atoms with Crippen LogP contribution in [0.25, 0.3) is 0 Å². The number of allylic oxidation sites excluding steroid dienone is 2. The summed E-state index contributed by atoms with van der Waals surface area (Å²) in [5.41, 5.74) is 1.02. The molecule has 0 fully saturated rings. The fraction of sp³-hybridized carbons (Fsp3) is 0.438. The molecule has 3 heteroatoms. The summed E-state index contributed by atoms with van der Waals surface area (Å²) in [6.07, 6.45) is 5.45. The Morgan fingerprint density at radius 2 is 1.89 bits per heavy atom. The Labute approximate surface area is 114 Å². The van der Waals surface area contributed by atoms with Gasteiger partial charge in [-0.2, -0.15) is 0 Å². The standard InChI is InChI=1S/C16H20O3/c1-3-18-15-10-9-12(11-16(15)19-4-2)13-7-5-6-8-14(13)17/h6,8-11,13H,3-5,7H2,1-2H3. The van der Waals surface area contributed by atoms with Crippen molar-refractivity contribution in [3.63, 3.8) is 0 Å². The van der Waals surface area contributed by atoms with Gasteiger partial charge in [0.15, 0.2) is 17.3 Å². The number of ketones is 1. The zero-order valence-corrected chi connectivity index (χ0v) is 11.5. The third-order valence-corrected chi connectivity index (χ3v) is 3.22. The van der Waals surface area contributed by atoms with Crippen molar-refractivity contribution in [2.24, 2.45) is 0 Å². The summed E-state index contributed by atoms with van der Waals surface area (Å²) < 4.78 is 11.1. The van der Waals surface area contributed by atoms with E-state index in [4.69, 9.17) is 9.47 Å². The molecule has 102 valence electrons. The molecule has 0 amide bonds. The van der Waals surface area contributed by atoms with E-state index in [0.29, 0.717) is 13.2 Å². The smallest absolute Gasteiger partial charge is 0.162 e. The van der Waals surface area contributed by atoms with Crippen LogP contribution in [0.15, 0.2) is 30.4 Å². The Bertz CT molecular complexity index is 477. The van der Waals surface area contributed by atoms with Crippen LogP contribution in [0.2, 0.25) is 0 Å². The van der Waals surface area contributed by atoms with E-state index in [-0.39, 0.29) is 11.7 Å². The van der Waals surface area contributed by atoms with E-state index >= 15 is 0 Å². The van der Waals surface area contributed by atoms with Gasteiger partial charge in [0.25, 0.3) is 0 Å². The highest BCUT2D eigenvalue weighted by molar-refractivity contribution is 5.96. The normalized spacial score (nSPS) is 18.4. The lowest BCUT2D eigenvalue weighted by atomic mass is 9.86. The monoisotopic (exact) mass is 260 g/mol. The predicted octanol–water partition coefficient (Wildman–Crippen LogP) is 3.49. The molecule has 2 rings (SSSR count). The zero-order valence-electron chi connectivity index (χ0n) is 11.5. The minimum Gasteiger partial charge on any atom is -0.490 e. The maximum absolute atomic E-state index is 11.9. The van der Waals surface area contributed by atoms with Gasteiger partial charge in [0, 0.05) is 5.92 Å². The van der Waals surface area contributed by atoms with Crippen LogP contribution in [0.4, 0.5) is 0 Å². The van der Waals surface area contributed by atoms with Crippen molar-refractivity contribution in [3.8, 4) is 11.5 Å². The van der Waals surface area contributed by atoms with Crippen LogP contribution in [0, 0.1) is 0 Å². The molecule has 1 aliphatic rings. The molecule has 1 atom stereocenters. The summed E-state index contributed by atoms with van der Waals surface area (Å²) in [5, 5.41) is 0. The molecular formula is C16H20O3. The Morgan fingerprint density at radius 3 is 2.58 bits per heavy atom. The van der Waals surface area contributed by atoms with E-state index in [1.807, 2.05) is 38.1 Å². The number of rotatable bonds is 5. The van der Waals surface area contributed by atoms with Crippen molar-refractivity contribution < 1.29 is 14.3 Å². The van der Waals surface area contributed by atoms with Crippen LogP contribution < -0.4 is 9.47 Å². The number of benzene rings is 1. The highest BCUT2D eigenvalue weighted by Crippen LogP contribution is 2.34. The van der Waals surface area contributed by atoms with Crippen molar-refractivity contribution in [1.29, 1.82) is 0 Å². The molecule has 0 N–H and O–H groups in total. The quantitative estimate of drug-likeness (QED) is 0.813. The second-order valence-corrected chi connectivity index (χ2v) is 4.51. The van der Waals surface area contributed by atoms with E-state index in [9.17, 15) is 4.79 Å². The van der Waals surface area contributed by atoms with Gasteiger partial charge in [-0.15, -0.1) is 0 Å². The van der Waals surface area contributed by atoms with Gasteiger partial charge in [-0.3, -0.25) is 4.79 Å². The van der Waals surface area contributed by atoms with Gasteiger partial charge in [-0.1, -0.05) is 12.1 Å². The Kier molecular flexibility index (Phi) is 4.61. The maximum atomic E-state index is 11.9. The minimum absolute atomic E-state index is 0.0418. The van der Waals surface area contributed by atoms with Crippen LogP contribution in [-0.2, 0) is 4.79 Å². The lowest BCUT2D eigenvalue weighted by Gasteiger charge is -2.19. The predicted molar refractivity (Wildman–Crippen MR) is 74.9 cm³/mol.